The van der Waals surface area contributed by atoms with Crippen LogP contribution in [0.25, 0.3) is 0 Å². The molecule has 0 amide bonds. The fourth-order valence-corrected chi connectivity index (χ4v) is 2.60. The van der Waals surface area contributed by atoms with Gasteiger partial charge in [-0.25, -0.2) is 13.1 Å². The van der Waals surface area contributed by atoms with Gasteiger partial charge in [0.15, 0.2) is 0 Å². The zero-order valence-corrected chi connectivity index (χ0v) is 11.8. The summed E-state index contributed by atoms with van der Waals surface area (Å²) in [4.78, 5) is 0.0712. The van der Waals surface area contributed by atoms with Gasteiger partial charge >= 0.3 is 0 Å². The van der Waals surface area contributed by atoms with Crippen molar-refractivity contribution >= 4 is 21.4 Å². The monoisotopic (exact) mass is 291 g/mol. The first-order valence-electron chi connectivity index (χ1n) is 5.65. The summed E-state index contributed by atoms with van der Waals surface area (Å²) in [6.45, 7) is 3.44. The van der Waals surface area contributed by atoms with E-state index < -0.39 is 10.0 Å². The number of nitrogens with one attached hydrogen (secondary N) is 2. The van der Waals surface area contributed by atoms with Crippen LogP contribution in [0.15, 0.2) is 34.3 Å². The normalized spacial score (nSPS) is 10.4. The second-order valence-electron chi connectivity index (χ2n) is 4.10. The first kappa shape index (κ1) is 15.6. The summed E-state index contributed by atoms with van der Waals surface area (Å²) >= 11 is 0. The fraction of sp³-hybridized carbons (Fsp3) is 0.250. The number of anilines is 1. The molecule has 0 fully saturated rings. The lowest BCUT2D eigenvalue weighted by molar-refractivity contribution is 0.570. The largest absolute Gasteiger partial charge is 0.276 e. The molecule has 104 valence electrons. The number of rotatable bonds is 5. The van der Waals surface area contributed by atoms with Crippen LogP contribution in [0.4, 0.5) is 5.69 Å². The Morgan fingerprint density at radius 3 is 2.50 bits per heavy atom. The van der Waals surface area contributed by atoms with Crippen LogP contribution < -0.4 is 10.1 Å². The lowest BCUT2D eigenvalue weighted by Gasteiger charge is -2.10. The Morgan fingerprint density at radius 1 is 1.30 bits per heavy atom. The van der Waals surface area contributed by atoms with Gasteiger partial charge in [0.1, 0.15) is 12.1 Å². The molecule has 1 rings (SSSR count). The van der Waals surface area contributed by atoms with Crippen molar-refractivity contribution in [1.29, 1.82) is 10.5 Å². The van der Waals surface area contributed by atoms with Gasteiger partial charge in [-0.05, 0) is 32.0 Å². The molecule has 0 unspecified atom stereocenters. The highest BCUT2D eigenvalue weighted by Gasteiger charge is 2.15. The molecular weight excluding hydrogens is 278 g/mol. The molecule has 1 aromatic rings. The van der Waals surface area contributed by atoms with Crippen molar-refractivity contribution < 1.29 is 8.42 Å². The average Bonchev–Trinajstić information content (AvgIpc) is 2.39. The maximum absolute atomic E-state index is 12.0. The Morgan fingerprint density at radius 2 is 1.95 bits per heavy atom. The first-order chi connectivity index (χ1) is 9.39. The molecule has 8 heteroatoms. The Labute approximate surface area is 117 Å². The van der Waals surface area contributed by atoms with Gasteiger partial charge in [-0.3, -0.25) is 5.43 Å². The Balaban J connectivity index is 3.01. The van der Waals surface area contributed by atoms with Crippen molar-refractivity contribution in [3.05, 3.63) is 24.3 Å². The van der Waals surface area contributed by atoms with Crippen molar-refractivity contribution in [3.8, 4) is 12.1 Å². The molecule has 0 aliphatic heterocycles. The molecule has 0 atom stereocenters. The van der Waals surface area contributed by atoms with Crippen molar-refractivity contribution in [2.75, 3.05) is 5.43 Å². The highest BCUT2D eigenvalue weighted by molar-refractivity contribution is 7.89. The third kappa shape index (κ3) is 4.35. The zero-order chi connectivity index (χ0) is 15.2. The van der Waals surface area contributed by atoms with Gasteiger partial charge < -0.3 is 0 Å². The topological polar surface area (TPSA) is 118 Å². The quantitative estimate of drug-likeness (QED) is 0.624. The smallest absolute Gasteiger partial charge is 0.240 e. The average molecular weight is 291 g/mol. The van der Waals surface area contributed by atoms with Crippen molar-refractivity contribution in [2.24, 2.45) is 5.10 Å². The first-order valence-corrected chi connectivity index (χ1v) is 7.13. The van der Waals surface area contributed by atoms with Crippen molar-refractivity contribution in [2.45, 2.75) is 24.8 Å². The van der Waals surface area contributed by atoms with Crippen LogP contribution >= 0.6 is 0 Å². The summed E-state index contributed by atoms with van der Waals surface area (Å²) in [7, 11) is -3.60. The van der Waals surface area contributed by atoms with Gasteiger partial charge in [0.05, 0.1) is 10.6 Å². The number of hydrazone groups is 1. The molecule has 20 heavy (non-hydrogen) atoms. The SMILES string of the molecule is CC(C)NS(=O)(=O)c1cccc(NN=C(C#N)C#N)c1. The lowest BCUT2D eigenvalue weighted by Crippen LogP contribution is -2.30. The Bertz CT molecular complexity index is 679. The molecule has 0 radical (unpaired) electrons. The van der Waals surface area contributed by atoms with Crippen LogP contribution in [0.2, 0.25) is 0 Å². The van der Waals surface area contributed by atoms with E-state index in [1.807, 2.05) is 0 Å². The maximum Gasteiger partial charge on any atom is 0.240 e. The van der Waals surface area contributed by atoms with E-state index in [4.69, 9.17) is 10.5 Å². The maximum atomic E-state index is 12.0. The minimum Gasteiger partial charge on any atom is -0.276 e. The van der Waals surface area contributed by atoms with E-state index in [1.165, 1.54) is 18.2 Å². The Kier molecular flexibility index (Phi) is 5.21. The van der Waals surface area contributed by atoms with Crippen LogP contribution in [0, 0.1) is 22.7 Å². The van der Waals surface area contributed by atoms with Gasteiger partial charge in [-0.1, -0.05) is 6.07 Å². The minimum atomic E-state index is -3.60. The second-order valence-corrected chi connectivity index (χ2v) is 5.81. The summed E-state index contributed by atoms with van der Waals surface area (Å²) in [6.07, 6.45) is 0. The van der Waals surface area contributed by atoms with Gasteiger partial charge in [-0.2, -0.15) is 15.6 Å². The van der Waals surface area contributed by atoms with Crippen LogP contribution in [-0.4, -0.2) is 20.2 Å². The van der Waals surface area contributed by atoms with Gasteiger partial charge in [0.2, 0.25) is 15.7 Å². The van der Waals surface area contributed by atoms with Crippen LogP contribution in [0.1, 0.15) is 13.8 Å². The van der Waals surface area contributed by atoms with E-state index >= 15 is 0 Å². The van der Waals surface area contributed by atoms with Gasteiger partial charge in [-0.15, -0.1) is 0 Å². The van der Waals surface area contributed by atoms with Crippen LogP contribution in [0.5, 0.6) is 0 Å². The lowest BCUT2D eigenvalue weighted by atomic mass is 10.3. The predicted molar refractivity (Wildman–Crippen MR) is 74.2 cm³/mol. The number of nitriles is 2. The third-order valence-electron chi connectivity index (χ3n) is 2.04. The van der Waals surface area contributed by atoms with E-state index in [9.17, 15) is 8.42 Å². The van der Waals surface area contributed by atoms with Crippen LogP contribution in [-0.2, 0) is 10.0 Å². The highest BCUT2D eigenvalue weighted by Crippen LogP contribution is 2.15. The van der Waals surface area contributed by atoms with E-state index in [0.29, 0.717) is 5.69 Å². The van der Waals surface area contributed by atoms with Crippen molar-refractivity contribution in [3.63, 3.8) is 0 Å². The molecule has 2 N–H and O–H groups in total. The Hall–Kier alpha value is -2.42. The molecule has 1 aromatic carbocycles. The van der Waals surface area contributed by atoms with E-state index in [-0.39, 0.29) is 16.6 Å². The van der Waals surface area contributed by atoms with Gasteiger partial charge in [0, 0.05) is 6.04 Å². The summed E-state index contributed by atoms with van der Waals surface area (Å²) in [5.74, 6) is 0. The highest BCUT2D eigenvalue weighted by atomic mass is 32.2. The predicted octanol–water partition coefficient (Wildman–Crippen LogP) is 1.19. The van der Waals surface area contributed by atoms with E-state index in [0.717, 1.165) is 0 Å². The number of nitrogens with zero attached hydrogens (tertiary/aromatic N) is 3. The number of hydrogen-bond acceptors (Lipinski definition) is 6. The molecule has 0 aliphatic rings. The van der Waals surface area contributed by atoms with E-state index in [1.54, 1.807) is 32.1 Å². The number of hydrogen-bond donors (Lipinski definition) is 2. The molecule has 0 bridgehead atoms. The zero-order valence-electron chi connectivity index (χ0n) is 11.0. The summed E-state index contributed by atoms with van der Waals surface area (Å²) < 4.78 is 26.4. The van der Waals surface area contributed by atoms with Crippen molar-refractivity contribution in [1.82, 2.24) is 4.72 Å². The molecule has 0 heterocycles. The standard InChI is InChI=1S/C12H13N5O2S/c1-9(2)17-20(18,19)12-5-3-4-10(6-12)15-16-11(7-13)8-14/h3-6,9,15,17H,1-2H3. The summed E-state index contributed by atoms with van der Waals surface area (Å²) in [5.41, 5.74) is 2.48. The summed E-state index contributed by atoms with van der Waals surface area (Å²) in [5, 5.41) is 20.6. The number of benzene rings is 1. The second kappa shape index (κ2) is 6.66. The number of sulfonamides is 1. The molecular formula is C12H13N5O2S. The molecule has 0 aliphatic carbocycles. The fourth-order valence-electron chi connectivity index (χ4n) is 1.31. The third-order valence-corrected chi connectivity index (χ3v) is 3.70. The van der Waals surface area contributed by atoms with Crippen LogP contribution in [0.3, 0.4) is 0 Å². The summed E-state index contributed by atoms with van der Waals surface area (Å²) in [6, 6.07) is 8.86. The van der Waals surface area contributed by atoms with Gasteiger partial charge in [0.25, 0.3) is 0 Å². The molecule has 0 aromatic heterocycles. The molecule has 0 saturated carbocycles. The minimum absolute atomic E-state index is 0.0712. The molecule has 0 saturated heterocycles. The van der Waals surface area contributed by atoms with E-state index in [2.05, 4.69) is 15.2 Å². The molecule has 0 spiro atoms. The molecule has 7 nitrogen and oxygen atoms in total.